The molecular weight excluding hydrogens is 284 g/mol. The summed E-state index contributed by atoms with van der Waals surface area (Å²) in [5, 5.41) is 5.13. The van der Waals surface area contributed by atoms with E-state index < -0.39 is 10.0 Å². The second-order valence-corrected chi connectivity index (χ2v) is 7.27. The molecule has 2 N–H and O–H groups in total. The van der Waals surface area contributed by atoms with Gasteiger partial charge in [-0.2, -0.15) is 0 Å². The van der Waals surface area contributed by atoms with E-state index in [1.54, 1.807) is 7.11 Å². The summed E-state index contributed by atoms with van der Waals surface area (Å²) in [6, 6.07) is 0.319. The highest BCUT2D eigenvalue weighted by molar-refractivity contribution is 7.89. The summed E-state index contributed by atoms with van der Waals surface area (Å²) in [4.78, 5) is 1.25. The van der Waals surface area contributed by atoms with Crippen LogP contribution in [0.5, 0.6) is 0 Å². The third kappa shape index (κ3) is 4.85. The van der Waals surface area contributed by atoms with Crippen LogP contribution < -0.4 is 10.0 Å². The Morgan fingerprint density at radius 3 is 2.68 bits per heavy atom. The Bertz CT molecular complexity index is 495. The van der Waals surface area contributed by atoms with E-state index in [1.807, 2.05) is 26.2 Å². The van der Waals surface area contributed by atoms with Gasteiger partial charge in [-0.1, -0.05) is 13.8 Å². The number of methoxy groups -OCH3 is 1. The van der Waals surface area contributed by atoms with Gasteiger partial charge >= 0.3 is 0 Å². The average Bonchev–Trinajstić information content (AvgIpc) is 2.68. The maximum absolute atomic E-state index is 12.3. The lowest BCUT2D eigenvalue weighted by Crippen LogP contribution is -2.29. The van der Waals surface area contributed by atoms with Crippen molar-refractivity contribution in [2.75, 3.05) is 20.3 Å². The molecule has 0 saturated heterocycles. The topological polar surface area (TPSA) is 67.4 Å². The molecule has 1 heterocycles. The zero-order chi connectivity index (χ0) is 14.5. The maximum Gasteiger partial charge on any atom is 0.242 e. The van der Waals surface area contributed by atoms with Crippen molar-refractivity contribution in [3.05, 3.63) is 15.8 Å². The third-order valence-electron chi connectivity index (χ3n) is 2.53. The van der Waals surface area contributed by atoms with Gasteiger partial charge in [0.15, 0.2) is 0 Å². The number of aryl methyl sites for hydroxylation is 1. The molecule has 110 valence electrons. The molecule has 19 heavy (non-hydrogen) atoms. The Balaban J connectivity index is 2.88. The lowest BCUT2D eigenvalue weighted by atomic mass is 10.3. The van der Waals surface area contributed by atoms with Crippen molar-refractivity contribution in [1.82, 2.24) is 10.0 Å². The lowest BCUT2D eigenvalue weighted by molar-refractivity contribution is 0.204. The van der Waals surface area contributed by atoms with Crippen LogP contribution in [0.1, 0.15) is 24.3 Å². The summed E-state index contributed by atoms with van der Waals surface area (Å²) in [5.74, 6) is 0. The van der Waals surface area contributed by atoms with Crippen LogP contribution in [0, 0.1) is 6.92 Å². The molecule has 0 amide bonds. The minimum atomic E-state index is -3.46. The molecule has 0 aliphatic heterocycles. The third-order valence-corrected chi connectivity index (χ3v) is 5.45. The first-order chi connectivity index (χ1) is 8.88. The van der Waals surface area contributed by atoms with Crippen molar-refractivity contribution in [1.29, 1.82) is 0 Å². The summed E-state index contributed by atoms with van der Waals surface area (Å²) in [6.07, 6.45) is 0. The summed E-state index contributed by atoms with van der Waals surface area (Å²) in [7, 11) is -1.91. The van der Waals surface area contributed by atoms with Crippen molar-refractivity contribution in [3.63, 3.8) is 0 Å². The van der Waals surface area contributed by atoms with Gasteiger partial charge in [0.2, 0.25) is 10.0 Å². The van der Waals surface area contributed by atoms with Gasteiger partial charge in [0.1, 0.15) is 4.90 Å². The van der Waals surface area contributed by atoms with Crippen LogP contribution in [0.25, 0.3) is 0 Å². The summed E-state index contributed by atoms with van der Waals surface area (Å²) in [6.45, 7) is 7.10. The summed E-state index contributed by atoms with van der Waals surface area (Å²) in [5.41, 5.74) is 0.787. The molecule has 0 aliphatic rings. The fourth-order valence-electron chi connectivity index (χ4n) is 1.62. The minimum absolute atomic E-state index is 0.283. The van der Waals surface area contributed by atoms with Gasteiger partial charge < -0.3 is 10.1 Å². The summed E-state index contributed by atoms with van der Waals surface area (Å²) < 4.78 is 31.9. The van der Waals surface area contributed by atoms with Crippen molar-refractivity contribution in [3.8, 4) is 0 Å². The molecule has 1 rings (SSSR count). The zero-order valence-electron chi connectivity index (χ0n) is 11.8. The number of hydrogen-bond acceptors (Lipinski definition) is 5. The zero-order valence-corrected chi connectivity index (χ0v) is 13.5. The standard InChI is InChI=1S/C12H22N2O3S2/c1-9(2)13-7-11-12(10(3)8-18-11)19(15,16)14-5-6-17-4/h8-9,13-14H,5-7H2,1-4H3. The molecule has 1 aromatic heterocycles. The lowest BCUT2D eigenvalue weighted by Gasteiger charge is -2.11. The van der Waals surface area contributed by atoms with E-state index in [2.05, 4.69) is 10.0 Å². The van der Waals surface area contributed by atoms with Crippen molar-refractivity contribution >= 4 is 21.4 Å². The number of sulfonamides is 1. The fraction of sp³-hybridized carbons (Fsp3) is 0.667. The molecule has 5 nitrogen and oxygen atoms in total. The molecule has 0 radical (unpaired) electrons. The molecule has 0 spiro atoms. The second-order valence-electron chi connectivity index (χ2n) is 4.60. The molecule has 0 aliphatic carbocycles. The first kappa shape index (κ1) is 16.6. The van der Waals surface area contributed by atoms with Crippen LogP contribution in [0.3, 0.4) is 0 Å². The molecule has 0 saturated carbocycles. The van der Waals surface area contributed by atoms with Crippen LogP contribution in [0.4, 0.5) is 0 Å². The average molecular weight is 306 g/mol. The van der Waals surface area contributed by atoms with E-state index in [-0.39, 0.29) is 6.54 Å². The molecule has 0 fully saturated rings. The van der Waals surface area contributed by atoms with Gasteiger partial charge in [0.25, 0.3) is 0 Å². The van der Waals surface area contributed by atoms with E-state index in [1.165, 1.54) is 11.3 Å². The van der Waals surface area contributed by atoms with Crippen LogP contribution >= 0.6 is 11.3 Å². The van der Waals surface area contributed by atoms with Gasteiger partial charge in [-0.05, 0) is 17.9 Å². The highest BCUT2D eigenvalue weighted by atomic mass is 32.2. The maximum atomic E-state index is 12.3. The van der Waals surface area contributed by atoms with Gasteiger partial charge in [-0.15, -0.1) is 11.3 Å². The van der Waals surface area contributed by atoms with Gasteiger partial charge in [-0.3, -0.25) is 0 Å². The van der Waals surface area contributed by atoms with E-state index in [0.29, 0.717) is 24.1 Å². The molecular formula is C12H22N2O3S2. The smallest absolute Gasteiger partial charge is 0.242 e. The van der Waals surface area contributed by atoms with Crippen LogP contribution in [-0.2, 0) is 21.3 Å². The number of rotatable bonds is 8. The van der Waals surface area contributed by atoms with Crippen LogP contribution in [0.2, 0.25) is 0 Å². The highest BCUT2D eigenvalue weighted by Gasteiger charge is 2.22. The largest absolute Gasteiger partial charge is 0.383 e. The molecule has 0 atom stereocenters. The number of thiophene rings is 1. The van der Waals surface area contributed by atoms with E-state index in [4.69, 9.17) is 4.74 Å². The summed E-state index contributed by atoms with van der Waals surface area (Å²) >= 11 is 1.47. The first-order valence-corrected chi connectivity index (χ1v) is 8.53. The Kier molecular flexibility index (Phi) is 6.41. The quantitative estimate of drug-likeness (QED) is 0.714. The number of hydrogen-bond donors (Lipinski definition) is 2. The van der Waals surface area contributed by atoms with Gasteiger partial charge in [-0.25, -0.2) is 13.1 Å². The van der Waals surface area contributed by atoms with Crippen LogP contribution in [0.15, 0.2) is 10.3 Å². The molecule has 0 aromatic carbocycles. The Morgan fingerprint density at radius 1 is 1.42 bits per heavy atom. The SMILES string of the molecule is COCCNS(=O)(=O)c1c(C)csc1CNC(C)C. The molecule has 0 bridgehead atoms. The predicted octanol–water partition coefficient (Wildman–Crippen LogP) is 1.48. The Morgan fingerprint density at radius 2 is 2.11 bits per heavy atom. The highest BCUT2D eigenvalue weighted by Crippen LogP contribution is 2.26. The first-order valence-electron chi connectivity index (χ1n) is 6.17. The number of nitrogens with one attached hydrogen (secondary N) is 2. The van der Waals surface area contributed by atoms with E-state index in [0.717, 1.165) is 10.4 Å². The van der Waals surface area contributed by atoms with E-state index >= 15 is 0 Å². The normalized spacial score (nSPS) is 12.3. The Labute approximate surface area is 119 Å². The van der Waals surface area contributed by atoms with Crippen molar-refractivity contribution in [2.45, 2.75) is 38.3 Å². The van der Waals surface area contributed by atoms with Crippen LogP contribution in [-0.4, -0.2) is 34.7 Å². The van der Waals surface area contributed by atoms with Gasteiger partial charge in [0, 0.05) is 31.1 Å². The van der Waals surface area contributed by atoms with Crippen molar-refractivity contribution in [2.24, 2.45) is 0 Å². The second kappa shape index (κ2) is 7.35. The predicted molar refractivity (Wildman–Crippen MR) is 78.1 cm³/mol. The fourth-order valence-corrected chi connectivity index (χ4v) is 4.39. The van der Waals surface area contributed by atoms with Crippen molar-refractivity contribution < 1.29 is 13.2 Å². The molecule has 0 unspecified atom stereocenters. The minimum Gasteiger partial charge on any atom is -0.383 e. The monoisotopic (exact) mass is 306 g/mol. The number of ether oxygens (including phenoxy) is 1. The van der Waals surface area contributed by atoms with Gasteiger partial charge in [0.05, 0.1) is 6.61 Å². The van der Waals surface area contributed by atoms with E-state index in [9.17, 15) is 8.42 Å². The Hall–Kier alpha value is -0.470. The molecule has 1 aromatic rings. The molecule has 7 heteroatoms.